The Balaban J connectivity index is 2.74. The van der Waals surface area contributed by atoms with Gasteiger partial charge in [0.1, 0.15) is 11.8 Å². The summed E-state index contributed by atoms with van der Waals surface area (Å²) in [7, 11) is 1.57. The largest absolute Gasteiger partial charge is 0.494 e. The standard InChI is InChI=1S/C16H24N2O3/c1-5-21-13-8-6-12(7-9-13)15(19)18-14(10-11(2)3)16(20)17-4/h6-9,11,14H,5,10H2,1-4H3,(H,17,20)(H,18,19)/t14-/m0/s1. The van der Waals surface area contributed by atoms with Crippen molar-refractivity contribution in [2.75, 3.05) is 13.7 Å². The highest BCUT2D eigenvalue weighted by Gasteiger charge is 2.21. The van der Waals surface area contributed by atoms with Crippen LogP contribution in [0, 0.1) is 5.92 Å². The molecule has 5 nitrogen and oxygen atoms in total. The van der Waals surface area contributed by atoms with Gasteiger partial charge in [0.05, 0.1) is 6.61 Å². The fourth-order valence-electron chi connectivity index (χ4n) is 1.99. The average molecular weight is 292 g/mol. The van der Waals surface area contributed by atoms with Crippen molar-refractivity contribution < 1.29 is 14.3 Å². The molecule has 2 N–H and O–H groups in total. The number of benzene rings is 1. The number of carbonyl (C=O) groups excluding carboxylic acids is 2. The van der Waals surface area contributed by atoms with Crippen LogP contribution in [-0.2, 0) is 4.79 Å². The summed E-state index contributed by atoms with van der Waals surface area (Å²) in [5.74, 6) is 0.599. The minimum Gasteiger partial charge on any atom is -0.494 e. The molecule has 1 aromatic carbocycles. The van der Waals surface area contributed by atoms with Gasteiger partial charge in [0.15, 0.2) is 0 Å². The Hall–Kier alpha value is -2.04. The molecule has 5 heteroatoms. The van der Waals surface area contributed by atoms with E-state index in [2.05, 4.69) is 10.6 Å². The Morgan fingerprint density at radius 1 is 1.19 bits per heavy atom. The molecule has 0 aliphatic rings. The zero-order valence-corrected chi connectivity index (χ0v) is 13.1. The van der Waals surface area contributed by atoms with Crippen molar-refractivity contribution in [1.82, 2.24) is 10.6 Å². The molecule has 2 amide bonds. The number of likely N-dealkylation sites (N-methyl/N-ethyl adjacent to an activating group) is 1. The van der Waals surface area contributed by atoms with Gasteiger partial charge in [-0.1, -0.05) is 13.8 Å². The Morgan fingerprint density at radius 2 is 1.81 bits per heavy atom. The van der Waals surface area contributed by atoms with Crippen LogP contribution >= 0.6 is 0 Å². The van der Waals surface area contributed by atoms with Crippen LogP contribution in [-0.4, -0.2) is 31.5 Å². The lowest BCUT2D eigenvalue weighted by molar-refractivity contribution is -0.122. The summed E-state index contributed by atoms with van der Waals surface area (Å²) >= 11 is 0. The maximum Gasteiger partial charge on any atom is 0.251 e. The van der Waals surface area contributed by atoms with Crippen LogP contribution in [0.15, 0.2) is 24.3 Å². The van der Waals surface area contributed by atoms with E-state index in [-0.39, 0.29) is 11.8 Å². The Labute approximate surface area is 126 Å². The Bertz CT molecular complexity index is 469. The molecule has 116 valence electrons. The van der Waals surface area contributed by atoms with Gasteiger partial charge < -0.3 is 15.4 Å². The predicted molar refractivity (Wildman–Crippen MR) is 82.4 cm³/mol. The molecule has 0 saturated carbocycles. The third-order valence-electron chi connectivity index (χ3n) is 3.00. The van der Waals surface area contributed by atoms with E-state index >= 15 is 0 Å². The molecule has 0 aromatic heterocycles. The van der Waals surface area contributed by atoms with Crippen molar-refractivity contribution in [3.63, 3.8) is 0 Å². The second-order valence-electron chi connectivity index (χ2n) is 5.23. The Kier molecular flexibility index (Phi) is 6.72. The fourth-order valence-corrected chi connectivity index (χ4v) is 1.99. The third-order valence-corrected chi connectivity index (χ3v) is 3.00. The number of hydrogen-bond donors (Lipinski definition) is 2. The number of rotatable bonds is 7. The van der Waals surface area contributed by atoms with Crippen molar-refractivity contribution >= 4 is 11.8 Å². The molecular weight excluding hydrogens is 268 g/mol. The van der Waals surface area contributed by atoms with Gasteiger partial charge in [-0.2, -0.15) is 0 Å². The zero-order chi connectivity index (χ0) is 15.8. The lowest BCUT2D eigenvalue weighted by atomic mass is 10.0. The summed E-state index contributed by atoms with van der Waals surface area (Å²) in [6, 6.07) is 6.35. The number of amides is 2. The highest BCUT2D eigenvalue weighted by molar-refractivity contribution is 5.97. The van der Waals surface area contributed by atoms with Crippen molar-refractivity contribution in [1.29, 1.82) is 0 Å². The molecule has 21 heavy (non-hydrogen) atoms. The van der Waals surface area contributed by atoms with E-state index in [0.717, 1.165) is 5.75 Å². The number of nitrogens with one attached hydrogen (secondary N) is 2. The molecular formula is C16H24N2O3. The van der Waals surface area contributed by atoms with Crippen LogP contribution in [0.2, 0.25) is 0 Å². The molecule has 0 fully saturated rings. The highest BCUT2D eigenvalue weighted by atomic mass is 16.5. The average Bonchev–Trinajstić information content (AvgIpc) is 2.46. The van der Waals surface area contributed by atoms with Crippen molar-refractivity contribution in [2.45, 2.75) is 33.2 Å². The summed E-state index contributed by atoms with van der Waals surface area (Å²) in [5.41, 5.74) is 0.510. The molecule has 0 aliphatic heterocycles. The van der Waals surface area contributed by atoms with Crippen LogP contribution < -0.4 is 15.4 Å². The molecule has 0 aliphatic carbocycles. The van der Waals surface area contributed by atoms with Crippen molar-refractivity contribution in [2.24, 2.45) is 5.92 Å². The van der Waals surface area contributed by atoms with Crippen LogP contribution in [0.25, 0.3) is 0 Å². The van der Waals surface area contributed by atoms with Gasteiger partial charge in [-0.3, -0.25) is 9.59 Å². The molecule has 0 saturated heterocycles. The number of ether oxygens (including phenoxy) is 1. The molecule has 1 rings (SSSR count). The first-order valence-electron chi connectivity index (χ1n) is 7.23. The van der Waals surface area contributed by atoms with Gasteiger partial charge in [0.25, 0.3) is 5.91 Å². The number of hydrogen-bond acceptors (Lipinski definition) is 3. The minimum absolute atomic E-state index is 0.178. The van der Waals surface area contributed by atoms with E-state index in [1.54, 1.807) is 31.3 Å². The summed E-state index contributed by atoms with van der Waals surface area (Å²) in [6.45, 7) is 6.51. The second-order valence-corrected chi connectivity index (χ2v) is 5.23. The monoisotopic (exact) mass is 292 g/mol. The van der Waals surface area contributed by atoms with E-state index in [1.807, 2.05) is 20.8 Å². The summed E-state index contributed by atoms with van der Waals surface area (Å²) in [5, 5.41) is 5.35. The molecule has 0 heterocycles. The van der Waals surface area contributed by atoms with Crippen LogP contribution in [0.3, 0.4) is 0 Å². The van der Waals surface area contributed by atoms with E-state index in [9.17, 15) is 9.59 Å². The van der Waals surface area contributed by atoms with E-state index in [4.69, 9.17) is 4.74 Å². The molecule has 0 bridgehead atoms. The first kappa shape index (κ1) is 17.0. The zero-order valence-electron chi connectivity index (χ0n) is 13.1. The van der Waals surface area contributed by atoms with E-state index < -0.39 is 6.04 Å². The first-order valence-corrected chi connectivity index (χ1v) is 7.23. The smallest absolute Gasteiger partial charge is 0.251 e. The predicted octanol–water partition coefficient (Wildman–Crippen LogP) is 1.98. The van der Waals surface area contributed by atoms with Gasteiger partial charge in [-0.15, -0.1) is 0 Å². The second kappa shape index (κ2) is 8.29. The lowest BCUT2D eigenvalue weighted by Gasteiger charge is -2.19. The van der Waals surface area contributed by atoms with Gasteiger partial charge >= 0.3 is 0 Å². The maximum atomic E-state index is 12.2. The van der Waals surface area contributed by atoms with Crippen LogP contribution in [0.5, 0.6) is 5.75 Å². The van der Waals surface area contributed by atoms with Crippen LogP contribution in [0.1, 0.15) is 37.6 Å². The van der Waals surface area contributed by atoms with Gasteiger partial charge in [-0.05, 0) is 43.5 Å². The number of carbonyl (C=O) groups is 2. The summed E-state index contributed by atoms with van der Waals surface area (Å²) in [4.78, 5) is 24.0. The first-order chi connectivity index (χ1) is 9.97. The van der Waals surface area contributed by atoms with Gasteiger partial charge in [-0.25, -0.2) is 0 Å². The SMILES string of the molecule is CCOc1ccc(C(=O)N[C@@H](CC(C)C)C(=O)NC)cc1. The lowest BCUT2D eigenvalue weighted by Crippen LogP contribution is -2.46. The third kappa shape index (κ3) is 5.45. The molecule has 1 atom stereocenters. The normalized spacial score (nSPS) is 11.9. The van der Waals surface area contributed by atoms with Crippen LogP contribution in [0.4, 0.5) is 0 Å². The highest BCUT2D eigenvalue weighted by Crippen LogP contribution is 2.13. The van der Waals surface area contributed by atoms with Crippen molar-refractivity contribution in [3.8, 4) is 5.75 Å². The molecule has 0 spiro atoms. The van der Waals surface area contributed by atoms with Gasteiger partial charge in [0.2, 0.25) is 5.91 Å². The quantitative estimate of drug-likeness (QED) is 0.807. The molecule has 1 aromatic rings. The summed E-state index contributed by atoms with van der Waals surface area (Å²) < 4.78 is 5.33. The summed E-state index contributed by atoms with van der Waals surface area (Å²) in [6.07, 6.45) is 0.600. The topological polar surface area (TPSA) is 67.4 Å². The van der Waals surface area contributed by atoms with Gasteiger partial charge in [0, 0.05) is 12.6 Å². The maximum absolute atomic E-state index is 12.2. The fraction of sp³-hybridized carbons (Fsp3) is 0.500. The molecule has 0 radical (unpaired) electrons. The van der Waals surface area contributed by atoms with E-state index in [0.29, 0.717) is 24.5 Å². The molecule has 0 unspecified atom stereocenters. The van der Waals surface area contributed by atoms with Crippen molar-refractivity contribution in [3.05, 3.63) is 29.8 Å². The van der Waals surface area contributed by atoms with E-state index in [1.165, 1.54) is 0 Å². The Morgan fingerprint density at radius 3 is 2.29 bits per heavy atom. The minimum atomic E-state index is -0.519.